The number of oxazole rings is 1. The molecule has 5 rings (SSSR count). The lowest BCUT2D eigenvalue weighted by molar-refractivity contribution is -0.119. The van der Waals surface area contributed by atoms with E-state index in [9.17, 15) is 9.59 Å². The lowest BCUT2D eigenvalue weighted by Gasteiger charge is -2.29. The number of carbonyl (C=O) groups excluding carboxylic acids is 2. The summed E-state index contributed by atoms with van der Waals surface area (Å²) in [5.41, 5.74) is 5.26. The Morgan fingerprint density at radius 2 is 2.09 bits per heavy atom. The Labute approximate surface area is 207 Å². The Hall–Kier alpha value is -3.85. The molecule has 1 aliphatic rings. The first-order valence-corrected chi connectivity index (χ1v) is 12.3. The summed E-state index contributed by atoms with van der Waals surface area (Å²) in [6.07, 6.45) is 4.65. The zero-order valence-electron chi connectivity index (χ0n) is 19.7. The maximum atomic E-state index is 12.7. The molecule has 0 unspecified atom stereocenters. The number of amides is 2. The second kappa shape index (κ2) is 9.42. The Morgan fingerprint density at radius 3 is 2.83 bits per heavy atom. The Morgan fingerprint density at radius 1 is 1.23 bits per heavy atom. The molecule has 178 valence electrons. The third kappa shape index (κ3) is 4.72. The van der Waals surface area contributed by atoms with Crippen LogP contribution in [0.15, 0.2) is 52.5 Å². The van der Waals surface area contributed by atoms with Crippen LogP contribution < -0.4 is 10.2 Å². The number of thiazole rings is 1. The molecule has 4 heterocycles. The molecule has 0 saturated heterocycles. The van der Waals surface area contributed by atoms with Crippen molar-refractivity contribution < 1.29 is 14.0 Å². The number of rotatable bonds is 6. The van der Waals surface area contributed by atoms with E-state index in [1.807, 2.05) is 48.4 Å². The van der Waals surface area contributed by atoms with Gasteiger partial charge in [0, 0.05) is 41.4 Å². The van der Waals surface area contributed by atoms with Gasteiger partial charge in [0.15, 0.2) is 11.0 Å². The van der Waals surface area contributed by atoms with E-state index in [4.69, 9.17) is 4.42 Å². The van der Waals surface area contributed by atoms with Crippen LogP contribution >= 0.6 is 11.3 Å². The van der Waals surface area contributed by atoms with Crippen LogP contribution in [-0.4, -0.2) is 26.8 Å². The number of aryl methyl sites for hydroxylation is 2. The second-order valence-electron chi connectivity index (χ2n) is 8.80. The standard InChI is InChI=1S/C26H25N5O3S/c1-15(2)25-28-16(3)23(34-25)24(33)30-26-29-20(14-35-26)18-6-8-21-19(11-18)7-9-22(32)31(21)13-17-5-4-10-27-12-17/h4-6,8,10-12,14-15H,7,9,13H2,1-3H3,(H,29,30,33). The van der Waals surface area contributed by atoms with E-state index in [1.54, 1.807) is 19.3 Å². The number of benzene rings is 1. The summed E-state index contributed by atoms with van der Waals surface area (Å²) in [6, 6.07) is 9.86. The normalized spacial score (nSPS) is 13.3. The maximum Gasteiger partial charge on any atom is 0.295 e. The predicted molar refractivity (Wildman–Crippen MR) is 135 cm³/mol. The molecule has 0 fully saturated rings. The van der Waals surface area contributed by atoms with Gasteiger partial charge >= 0.3 is 0 Å². The third-order valence-electron chi connectivity index (χ3n) is 5.88. The fourth-order valence-electron chi connectivity index (χ4n) is 4.06. The van der Waals surface area contributed by atoms with Crippen molar-refractivity contribution in [2.75, 3.05) is 10.2 Å². The number of anilines is 2. The van der Waals surface area contributed by atoms with E-state index in [1.165, 1.54) is 11.3 Å². The topological polar surface area (TPSA) is 101 Å². The van der Waals surface area contributed by atoms with Gasteiger partial charge in [-0.05, 0) is 42.7 Å². The Balaban J connectivity index is 1.34. The van der Waals surface area contributed by atoms with E-state index in [2.05, 4.69) is 26.3 Å². The van der Waals surface area contributed by atoms with Gasteiger partial charge in [-0.1, -0.05) is 26.0 Å². The van der Waals surface area contributed by atoms with Crippen molar-refractivity contribution in [3.63, 3.8) is 0 Å². The summed E-state index contributed by atoms with van der Waals surface area (Å²) in [7, 11) is 0. The molecule has 0 spiro atoms. The van der Waals surface area contributed by atoms with Gasteiger partial charge in [-0.3, -0.25) is 19.9 Å². The molecule has 4 aromatic rings. The molecule has 8 nitrogen and oxygen atoms in total. The van der Waals surface area contributed by atoms with Gasteiger partial charge in [-0.2, -0.15) is 0 Å². The summed E-state index contributed by atoms with van der Waals surface area (Å²) in [6.45, 7) is 6.18. The van der Waals surface area contributed by atoms with Crippen molar-refractivity contribution in [3.05, 3.63) is 76.6 Å². The van der Waals surface area contributed by atoms with Crippen LogP contribution in [0, 0.1) is 6.92 Å². The number of aromatic nitrogens is 3. The largest absolute Gasteiger partial charge is 0.435 e. The molecule has 0 aliphatic carbocycles. The lowest BCUT2D eigenvalue weighted by Crippen LogP contribution is -2.34. The number of hydrogen-bond donors (Lipinski definition) is 1. The van der Waals surface area contributed by atoms with Gasteiger partial charge in [0.25, 0.3) is 5.91 Å². The Bertz CT molecular complexity index is 1390. The van der Waals surface area contributed by atoms with Crippen LogP contribution in [0.5, 0.6) is 0 Å². The van der Waals surface area contributed by atoms with Crippen LogP contribution in [0.3, 0.4) is 0 Å². The first kappa shape index (κ1) is 22.9. The first-order valence-electron chi connectivity index (χ1n) is 11.5. The van der Waals surface area contributed by atoms with E-state index >= 15 is 0 Å². The quantitative estimate of drug-likeness (QED) is 0.393. The van der Waals surface area contributed by atoms with Crippen LogP contribution in [0.1, 0.15) is 59.5 Å². The molecule has 1 N–H and O–H groups in total. The minimum Gasteiger partial charge on any atom is -0.435 e. The summed E-state index contributed by atoms with van der Waals surface area (Å²) in [5, 5.41) is 5.21. The molecule has 0 saturated carbocycles. The molecule has 0 bridgehead atoms. The van der Waals surface area contributed by atoms with Gasteiger partial charge < -0.3 is 9.32 Å². The maximum absolute atomic E-state index is 12.7. The van der Waals surface area contributed by atoms with Crippen LogP contribution in [0.2, 0.25) is 0 Å². The average Bonchev–Trinajstić information content (AvgIpc) is 3.48. The van der Waals surface area contributed by atoms with Crippen molar-refractivity contribution in [2.45, 2.75) is 46.1 Å². The van der Waals surface area contributed by atoms with E-state index in [0.717, 1.165) is 28.1 Å². The summed E-state index contributed by atoms with van der Waals surface area (Å²) >= 11 is 1.35. The lowest BCUT2D eigenvalue weighted by atomic mass is 9.97. The molecule has 35 heavy (non-hydrogen) atoms. The van der Waals surface area contributed by atoms with Gasteiger partial charge in [-0.15, -0.1) is 11.3 Å². The van der Waals surface area contributed by atoms with Crippen molar-refractivity contribution >= 4 is 34.0 Å². The molecule has 0 radical (unpaired) electrons. The van der Waals surface area contributed by atoms with E-state index < -0.39 is 0 Å². The highest BCUT2D eigenvalue weighted by molar-refractivity contribution is 7.14. The van der Waals surface area contributed by atoms with Crippen LogP contribution in [0.4, 0.5) is 10.8 Å². The average molecular weight is 488 g/mol. The number of carbonyl (C=O) groups is 2. The number of hydrogen-bond acceptors (Lipinski definition) is 7. The smallest absolute Gasteiger partial charge is 0.295 e. The van der Waals surface area contributed by atoms with Gasteiger partial charge in [0.05, 0.1) is 17.9 Å². The third-order valence-corrected chi connectivity index (χ3v) is 6.63. The number of nitrogens with one attached hydrogen (secondary N) is 1. The van der Waals surface area contributed by atoms with Crippen molar-refractivity contribution in [2.24, 2.45) is 0 Å². The monoisotopic (exact) mass is 487 g/mol. The fourth-order valence-corrected chi connectivity index (χ4v) is 4.77. The highest BCUT2D eigenvalue weighted by atomic mass is 32.1. The second-order valence-corrected chi connectivity index (χ2v) is 9.66. The predicted octanol–water partition coefficient (Wildman–Crippen LogP) is 5.36. The summed E-state index contributed by atoms with van der Waals surface area (Å²) in [5.74, 6) is 0.588. The highest BCUT2D eigenvalue weighted by Gasteiger charge is 2.25. The SMILES string of the molecule is Cc1nc(C(C)C)oc1C(=O)Nc1nc(-c2ccc3c(c2)CCC(=O)N3Cc2cccnc2)cs1. The first-order chi connectivity index (χ1) is 16.9. The zero-order valence-corrected chi connectivity index (χ0v) is 20.6. The molecule has 2 amide bonds. The van der Waals surface area contributed by atoms with Crippen molar-refractivity contribution in [1.82, 2.24) is 15.0 Å². The molecule has 3 aromatic heterocycles. The molecule has 0 atom stereocenters. The number of pyridine rings is 1. The number of nitrogens with zero attached hydrogens (tertiary/aromatic N) is 4. The summed E-state index contributed by atoms with van der Waals surface area (Å²) in [4.78, 5) is 40.3. The van der Waals surface area contributed by atoms with Gasteiger partial charge in [0.1, 0.15) is 0 Å². The summed E-state index contributed by atoms with van der Waals surface area (Å²) < 4.78 is 5.64. The van der Waals surface area contributed by atoms with E-state index in [0.29, 0.717) is 36.1 Å². The van der Waals surface area contributed by atoms with E-state index in [-0.39, 0.29) is 23.5 Å². The molecular weight excluding hydrogens is 462 g/mol. The molecule has 1 aliphatic heterocycles. The van der Waals surface area contributed by atoms with Gasteiger partial charge in [-0.25, -0.2) is 9.97 Å². The van der Waals surface area contributed by atoms with Crippen LogP contribution in [0.25, 0.3) is 11.3 Å². The van der Waals surface area contributed by atoms with Crippen molar-refractivity contribution in [1.29, 1.82) is 0 Å². The molecule has 9 heteroatoms. The minimum atomic E-state index is -0.363. The number of fused-ring (bicyclic) bond motifs is 1. The van der Waals surface area contributed by atoms with Gasteiger partial charge in [0.2, 0.25) is 11.7 Å². The van der Waals surface area contributed by atoms with Crippen LogP contribution in [-0.2, 0) is 17.8 Å². The zero-order chi connectivity index (χ0) is 24.5. The molecular formula is C26H25N5O3S. The van der Waals surface area contributed by atoms with Crippen molar-refractivity contribution in [3.8, 4) is 11.3 Å². The molecule has 1 aromatic carbocycles. The fraction of sp³-hybridized carbons (Fsp3) is 0.269. The highest BCUT2D eigenvalue weighted by Crippen LogP contribution is 2.34. The minimum absolute atomic E-state index is 0.0984. The Kier molecular flexibility index (Phi) is 6.17.